The smallest absolute Gasteiger partial charge is 0.253 e. The zero-order chi connectivity index (χ0) is 26.8. The summed E-state index contributed by atoms with van der Waals surface area (Å²) in [5.41, 5.74) is 6.64. The molecule has 1 saturated carbocycles. The highest BCUT2D eigenvalue weighted by Crippen LogP contribution is 2.37. The van der Waals surface area contributed by atoms with Crippen LogP contribution < -0.4 is 4.90 Å². The summed E-state index contributed by atoms with van der Waals surface area (Å²) in [5, 5.41) is 8.53. The van der Waals surface area contributed by atoms with Crippen molar-refractivity contribution >= 4 is 17.3 Å². The Morgan fingerprint density at radius 3 is 2.34 bits per heavy atom. The first-order chi connectivity index (χ1) is 18.3. The second kappa shape index (κ2) is 10.9. The molecule has 196 valence electrons. The van der Waals surface area contributed by atoms with Gasteiger partial charge in [0, 0.05) is 53.6 Å². The van der Waals surface area contributed by atoms with Crippen LogP contribution in [0.4, 0.5) is 10.1 Å². The predicted octanol–water partition coefficient (Wildman–Crippen LogP) is 7.14. The monoisotopic (exact) mass is 509 g/mol. The third kappa shape index (κ3) is 5.57. The zero-order valence-electron chi connectivity index (χ0n) is 22.3. The average Bonchev–Trinajstić information content (AvgIpc) is 3.75. The van der Waals surface area contributed by atoms with Crippen molar-refractivity contribution in [2.24, 2.45) is 11.8 Å². The summed E-state index contributed by atoms with van der Waals surface area (Å²) < 4.78 is 13.6. The van der Waals surface area contributed by atoms with Crippen LogP contribution in [0.15, 0.2) is 79.0 Å². The number of allylic oxidation sites excluding steroid dienone is 1. The van der Waals surface area contributed by atoms with Crippen molar-refractivity contribution < 1.29 is 9.18 Å². The van der Waals surface area contributed by atoms with E-state index in [0.717, 1.165) is 30.9 Å². The van der Waals surface area contributed by atoms with E-state index in [9.17, 15) is 9.18 Å². The number of piperidine rings is 1. The Hall–Kier alpha value is -3.73. The van der Waals surface area contributed by atoms with Gasteiger partial charge < -0.3 is 9.80 Å². The fourth-order valence-electron chi connectivity index (χ4n) is 5.49. The number of para-hydroxylation sites is 1. The van der Waals surface area contributed by atoms with Crippen LogP contribution in [-0.4, -0.2) is 36.2 Å². The molecular formula is C33H36FN3O. The molecule has 5 rings (SSSR count). The minimum absolute atomic E-state index is 0.0229. The van der Waals surface area contributed by atoms with Crippen molar-refractivity contribution in [3.05, 3.63) is 113 Å². The molecule has 1 N–H and O–H groups in total. The summed E-state index contributed by atoms with van der Waals surface area (Å²) in [6, 6.07) is 20.1. The second-order valence-electron chi connectivity index (χ2n) is 10.8. The van der Waals surface area contributed by atoms with E-state index >= 15 is 0 Å². The van der Waals surface area contributed by atoms with Crippen molar-refractivity contribution in [2.75, 3.05) is 24.5 Å². The predicted molar refractivity (Wildman–Crippen MR) is 153 cm³/mol. The molecular weight excluding hydrogens is 473 g/mol. The quantitative estimate of drug-likeness (QED) is 0.328. The number of rotatable bonds is 8. The van der Waals surface area contributed by atoms with Gasteiger partial charge in [0.05, 0.1) is 5.71 Å². The van der Waals surface area contributed by atoms with Crippen LogP contribution in [0, 0.1) is 36.9 Å². The number of amides is 1. The maximum absolute atomic E-state index is 13.6. The number of carbonyl (C=O) groups is 1. The molecule has 2 aliphatic rings. The van der Waals surface area contributed by atoms with Gasteiger partial charge in [0.2, 0.25) is 0 Å². The number of carbonyl (C=O) groups excluding carboxylic acids is 1. The molecule has 3 aromatic rings. The van der Waals surface area contributed by atoms with E-state index < -0.39 is 0 Å². The first kappa shape index (κ1) is 25.9. The van der Waals surface area contributed by atoms with E-state index in [-0.39, 0.29) is 17.4 Å². The molecule has 0 spiro atoms. The first-order valence-electron chi connectivity index (χ1n) is 13.6. The highest BCUT2D eigenvalue weighted by molar-refractivity contribution is 6.12. The van der Waals surface area contributed by atoms with Gasteiger partial charge in [-0.05, 0) is 86.9 Å². The summed E-state index contributed by atoms with van der Waals surface area (Å²) in [6.45, 7) is 11.0. The topological polar surface area (TPSA) is 47.4 Å². The molecule has 2 fully saturated rings. The molecule has 0 bridgehead atoms. The number of anilines is 1. The average molecular weight is 510 g/mol. The molecule has 1 aliphatic heterocycles. The summed E-state index contributed by atoms with van der Waals surface area (Å²) in [7, 11) is 0. The Bertz CT molecular complexity index is 1370. The Kier molecular flexibility index (Phi) is 7.46. The lowest BCUT2D eigenvalue weighted by atomic mass is 9.91. The Morgan fingerprint density at radius 1 is 0.947 bits per heavy atom. The van der Waals surface area contributed by atoms with Gasteiger partial charge in [-0.25, -0.2) is 4.39 Å². The number of aryl methyl sites for hydroxylation is 2. The third-order valence-corrected chi connectivity index (χ3v) is 8.00. The van der Waals surface area contributed by atoms with E-state index in [0.29, 0.717) is 35.7 Å². The fourth-order valence-corrected chi connectivity index (χ4v) is 5.49. The van der Waals surface area contributed by atoms with Crippen LogP contribution in [0.3, 0.4) is 0 Å². The minimum atomic E-state index is -0.364. The number of halogens is 1. The van der Waals surface area contributed by atoms with Crippen LogP contribution >= 0.6 is 0 Å². The maximum Gasteiger partial charge on any atom is 0.253 e. The number of nitrogens with one attached hydrogen (secondary N) is 1. The Labute approximate surface area is 225 Å². The first-order valence-corrected chi connectivity index (χ1v) is 13.6. The molecule has 38 heavy (non-hydrogen) atoms. The highest BCUT2D eigenvalue weighted by atomic mass is 19.1. The van der Waals surface area contributed by atoms with Crippen molar-refractivity contribution in [2.45, 2.75) is 39.5 Å². The van der Waals surface area contributed by atoms with E-state index in [1.807, 2.05) is 24.0 Å². The van der Waals surface area contributed by atoms with Gasteiger partial charge in [-0.15, -0.1) is 0 Å². The van der Waals surface area contributed by atoms with Crippen molar-refractivity contribution in [1.82, 2.24) is 4.90 Å². The van der Waals surface area contributed by atoms with Crippen LogP contribution in [0.1, 0.15) is 58.3 Å². The van der Waals surface area contributed by atoms with Gasteiger partial charge in [-0.2, -0.15) is 0 Å². The van der Waals surface area contributed by atoms with E-state index in [2.05, 4.69) is 42.7 Å². The molecule has 1 amide bonds. The van der Waals surface area contributed by atoms with E-state index in [1.165, 1.54) is 41.9 Å². The number of nitrogens with zero attached hydrogens (tertiary/aromatic N) is 2. The molecule has 0 unspecified atom stereocenters. The Balaban J connectivity index is 1.24. The molecule has 0 radical (unpaired) electrons. The normalized spacial score (nSPS) is 15.8. The van der Waals surface area contributed by atoms with Gasteiger partial charge in [0.15, 0.2) is 0 Å². The lowest BCUT2D eigenvalue weighted by Crippen LogP contribution is -2.41. The molecule has 0 aromatic heterocycles. The highest BCUT2D eigenvalue weighted by Gasteiger charge is 2.31. The van der Waals surface area contributed by atoms with Crippen molar-refractivity contribution in [1.29, 1.82) is 5.41 Å². The SMILES string of the molecule is C=C(C1CCN(C(=O)c2ccc(C(=N)c3cccc(F)c3)c(C)c2)CC1)N(CC1CC1)c1ccccc1C. The molecule has 0 atom stereocenters. The van der Waals surface area contributed by atoms with Crippen LogP contribution in [-0.2, 0) is 0 Å². The number of hydrogen-bond acceptors (Lipinski definition) is 3. The van der Waals surface area contributed by atoms with Gasteiger partial charge in [-0.1, -0.05) is 43.0 Å². The lowest BCUT2D eigenvalue weighted by Gasteiger charge is -2.38. The molecule has 5 heteroatoms. The largest absolute Gasteiger partial charge is 0.345 e. The molecule has 3 aromatic carbocycles. The van der Waals surface area contributed by atoms with Crippen LogP contribution in [0.5, 0.6) is 0 Å². The molecule has 1 aliphatic carbocycles. The van der Waals surface area contributed by atoms with Gasteiger partial charge in [-0.3, -0.25) is 10.2 Å². The van der Waals surface area contributed by atoms with E-state index in [1.54, 1.807) is 18.2 Å². The number of hydrogen-bond donors (Lipinski definition) is 1. The maximum atomic E-state index is 13.6. The molecule has 1 heterocycles. The van der Waals surface area contributed by atoms with Gasteiger partial charge in [0.1, 0.15) is 5.82 Å². The van der Waals surface area contributed by atoms with Crippen molar-refractivity contribution in [3.8, 4) is 0 Å². The minimum Gasteiger partial charge on any atom is -0.345 e. The fraction of sp³-hybridized carbons (Fsp3) is 0.333. The number of likely N-dealkylation sites (tertiary alicyclic amines) is 1. The van der Waals surface area contributed by atoms with Crippen molar-refractivity contribution in [3.63, 3.8) is 0 Å². The van der Waals surface area contributed by atoms with Gasteiger partial charge in [0.25, 0.3) is 5.91 Å². The zero-order valence-corrected chi connectivity index (χ0v) is 22.3. The van der Waals surface area contributed by atoms with Gasteiger partial charge >= 0.3 is 0 Å². The summed E-state index contributed by atoms with van der Waals surface area (Å²) in [5.74, 6) is 0.766. The second-order valence-corrected chi connectivity index (χ2v) is 10.8. The summed E-state index contributed by atoms with van der Waals surface area (Å²) >= 11 is 0. The third-order valence-electron chi connectivity index (χ3n) is 8.00. The molecule has 1 saturated heterocycles. The molecule has 4 nitrogen and oxygen atoms in total. The number of benzene rings is 3. The van der Waals surface area contributed by atoms with Crippen LogP contribution in [0.2, 0.25) is 0 Å². The lowest BCUT2D eigenvalue weighted by molar-refractivity contribution is 0.0701. The van der Waals surface area contributed by atoms with Crippen LogP contribution in [0.25, 0.3) is 0 Å². The summed E-state index contributed by atoms with van der Waals surface area (Å²) in [4.78, 5) is 17.7. The summed E-state index contributed by atoms with van der Waals surface area (Å²) in [6.07, 6.45) is 4.39. The standard InChI is InChI=1S/C33H36FN3O/c1-22-7-4-5-10-31(22)37(21-25-11-12-25)24(3)26-15-17-36(18-16-26)33(38)28-13-14-30(23(2)19-28)32(35)27-8-6-9-29(34)20-27/h4-10,13-14,19-20,25-26,35H,3,11-12,15-18,21H2,1-2H3. The van der Waals surface area contributed by atoms with E-state index in [4.69, 9.17) is 5.41 Å². The Morgan fingerprint density at radius 2 is 1.68 bits per heavy atom.